The zero-order chi connectivity index (χ0) is 28.8. The Kier molecular flexibility index (Phi) is 6.96. The fourth-order valence-corrected chi connectivity index (χ4v) is 4.55. The standard InChI is InChI=1S/C27H28ClFN8O3/c1-27(2,3)40-26(39)34-25-17-11-32-20(33-21-9-15-5-6-36(4)22(38)13-37(15)35-21)8-14(17)7-16(24(25)29)18-10-31-12-19(30)23(18)28/h7-12H,5-6,13,30H2,1-4H3,(H,34,39)(H,32,33,35). The third kappa shape index (κ3) is 5.48. The third-order valence-electron chi connectivity index (χ3n) is 6.32. The molecule has 2 amide bonds. The van der Waals surface area contributed by atoms with Gasteiger partial charge in [0.1, 0.15) is 18.0 Å². The fourth-order valence-electron chi connectivity index (χ4n) is 4.35. The van der Waals surface area contributed by atoms with Crippen LogP contribution in [0.25, 0.3) is 21.9 Å². The highest BCUT2D eigenvalue weighted by Gasteiger charge is 2.24. The van der Waals surface area contributed by atoms with E-state index in [0.717, 1.165) is 5.69 Å². The van der Waals surface area contributed by atoms with E-state index in [4.69, 9.17) is 22.1 Å². The summed E-state index contributed by atoms with van der Waals surface area (Å²) in [6, 6.07) is 5.13. The number of nitrogen functional groups attached to an aromatic ring is 1. The second-order valence-electron chi connectivity index (χ2n) is 10.5. The Labute approximate surface area is 234 Å². The summed E-state index contributed by atoms with van der Waals surface area (Å²) in [6.07, 6.45) is 4.05. The van der Waals surface area contributed by atoms with Crippen LogP contribution >= 0.6 is 11.6 Å². The van der Waals surface area contributed by atoms with Gasteiger partial charge in [-0.25, -0.2) is 14.2 Å². The molecule has 1 aliphatic rings. The van der Waals surface area contributed by atoms with Crippen molar-refractivity contribution in [1.82, 2.24) is 24.6 Å². The lowest BCUT2D eigenvalue weighted by Gasteiger charge is -2.21. The van der Waals surface area contributed by atoms with Gasteiger partial charge >= 0.3 is 6.09 Å². The molecule has 1 aromatic carbocycles. The molecular weight excluding hydrogens is 539 g/mol. The molecule has 208 valence electrons. The molecule has 5 rings (SSSR count). The summed E-state index contributed by atoms with van der Waals surface area (Å²) in [5, 5.41) is 11.2. The number of hydrogen-bond donors (Lipinski definition) is 3. The summed E-state index contributed by atoms with van der Waals surface area (Å²) in [7, 11) is 1.77. The highest BCUT2D eigenvalue weighted by molar-refractivity contribution is 6.35. The molecule has 0 bridgehead atoms. The Morgan fingerprint density at radius 2 is 1.93 bits per heavy atom. The number of carbonyl (C=O) groups excluding carboxylic acids is 2. The van der Waals surface area contributed by atoms with E-state index in [-0.39, 0.29) is 40.0 Å². The number of nitrogens with one attached hydrogen (secondary N) is 2. The van der Waals surface area contributed by atoms with Gasteiger partial charge in [0, 0.05) is 60.7 Å². The molecule has 0 saturated carbocycles. The first kappa shape index (κ1) is 27.1. The maximum atomic E-state index is 16.0. The molecule has 0 spiro atoms. The van der Waals surface area contributed by atoms with E-state index in [1.807, 2.05) is 6.07 Å². The van der Waals surface area contributed by atoms with Gasteiger partial charge in [-0.1, -0.05) is 11.6 Å². The van der Waals surface area contributed by atoms with Gasteiger partial charge in [-0.05, 0) is 38.3 Å². The maximum absolute atomic E-state index is 16.0. The van der Waals surface area contributed by atoms with Gasteiger partial charge in [0.15, 0.2) is 11.6 Å². The summed E-state index contributed by atoms with van der Waals surface area (Å²) in [5.41, 5.74) is 6.43. The van der Waals surface area contributed by atoms with E-state index in [1.54, 1.807) is 49.5 Å². The Bertz CT molecular complexity index is 1650. The molecule has 3 aromatic heterocycles. The Balaban J connectivity index is 1.56. The van der Waals surface area contributed by atoms with Crippen molar-refractivity contribution in [2.24, 2.45) is 0 Å². The average Bonchev–Trinajstić information content (AvgIpc) is 3.19. The molecule has 0 saturated heterocycles. The van der Waals surface area contributed by atoms with E-state index in [9.17, 15) is 9.59 Å². The van der Waals surface area contributed by atoms with Gasteiger partial charge in [0.05, 0.1) is 22.6 Å². The molecule has 1 aliphatic heterocycles. The van der Waals surface area contributed by atoms with Crippen molar-refractivity contribution >= 4 is 57.4 Å². The lowest BCUT2D eigenvalue weighted by Crippen LogP contribution is -2.29. The number of carbonyl (C=O) groups is 2. The molecule has 0 aliphatic carbocycles. The molecule has 0 radical (unpaired) electrons. The number of hydrogen-bond acceptors (Lipinski definition) is 8. The zero-order valence-corrected chi connectivity index (χ0v) is 23.1. The van der Waals surface area contributed by atoms with E-state index in [0.29, 0.717) is 35.4 Å². The highest BCUT2D eigenvalue weighted by Crippen LogP contribution is 2.39. The minimum absolute atomic E-state index is 0.0218. The van der Waals surface area contributed by atoms with Crippen LogP contribution in [0.5, 0.6) is 0 Å². The highest BCUT2D eigenvalue weighted by atomic mass is 35.5. The number of aromatic nitrogens is 4. The summed E-state index contributed by atoms with van der Waals surface area (Å²) < 4.78 is 23.0. The van der Waals surface area contributed by atoms with Crippen molar-refractivity contribution in [2.45, 2.75) is 39.3 Å². The second kappa shape index (κ2) is 10.3. The van der Waals surface area contributed by atoms with Crippen LogP contribution in [0, 0.1) is 5.82 Å². The van der Waals surface area contributed by atoms with Crippen LogP contribution in [0.1, 0.15) is 26.5 Å². The number of pyridine rings is 2. The Morgan fingerprint density at radius 1 is 1.15 bits per heavy atom. The number of amides is 2. The van der Waals surface area contributed by atoms with Crippen molar-refractivity contribution in [3.63, 3.8) is 0 Å². The summed E-state index contributed by atoms with van der Waals surface area (Å²) in [4.78, 5) is 35.0. The third-order valence-corrected chi connectivity index (χ3v) is 6.74. The van der Waals surface area contributed by atoms with Crippen molar-refractivity contribution < 1.29 is 18.7 Å². The SMILES string of the molecule is CN1CCc2cc(Nc3cc4cc(-c5cncc(N)c5Cl)c(F)c(NC(=O)OC(C)(C)C)c4cn3)nn2CC1=O. The van der Waals surface area contributed by atoms with E-state index in [1.165, 1.54) is 18.6 Å². The van der Waals surface area contributed by atoms with Gasteiger partial charge in [0.25, 0.3) is 0 Å². The van der Waals surface area contributed by atoms with Crippen LogP contribution in [0.15, 0.2) is 36.8 Å². The normalized spacial score (nSPS) is 13.7. The molecule has 0 fully saturated rings. The van der Waals surface area contributed by atoms with Crippen LogP contribution in [0.2, 0.25) is 5.02 Å². The number of likely N-dealkylation sites (N-methyl/N-ethyl adjacent to an activating group) is 1. The summed E-state index contributed by atoms with van der Waals surface area (Å²) in [5.74, 6) is 0.160. The predicted octanol–water partition coefficient (Wildman–Crippen LogP) is 4.97. The van der Waals surface area contributed by atoms with Crippen molar-refractivity contribution in [3.05, 3.63) is 53.3 Å². The number of benzene rings is 1. The molecular formula is C27H28ClFN8O3. The van der Waals surface area contributed by atoms with E-state index in [2.05, 4.69) is 25.7 Å². The number of ether oxygens (including phenoxy) is 1. The molecule has 4 aromatic rings. The monoisotopic (exact) mass is 566 g/mol. The summed E-state index contributed by atoms with van der Waals surface area (Å²) >= 11 is 6.41. The summed E-state index contributed by atoms with van der Waals surface area (Å²) in [6.45, 7) is 5.87. The number of nitrogens with zero attached hydrogens (tertiary/aromatic N) is 5. The molecule has 13 heteroatoms. The number of halogens is 2. The van der Waals surface area contributed by atoms with Crippen molar-refractivity contribution in [1.29, 1.82) is 0 Å². The minimum Gasteiger partial charge on any atom is -0.444 e. The average molecular weight is 567 g/mol. The number of nitrogens with two attached hydrogens (primary N) is 1. The smallest absolute Gasteiger partial charge is 0.412 e. The van der Waals surface area contributed by atoms with Gasteiger partial charge in [-0.3, -0.25) is 19.8 Å². The Hall–Kier alpha value is -4.45. The van der Waals surface area contributed by atoms with Crippen LogP contribution in [-0.2, 0) is 22.5 Å². The second-order valence-corrected chi connectivity index (χ2v) is 10.9. The first-order chi connectivity index (χ1) is 18.9. The van der Waals surface area contributed by atoms with Gasteiger partial charge in [-0.2, -0.15) is 5.10 Å². The zero-order valence-electron chi connectivity index (χ0n) is 22.4. The first-order valence-corrected chi connectivity index (χ1v) is 12.9. The predicted molar refractivity (Wildman–Crippen MR) is 151 cm³/mol. The lowest BCUT2D eigenvalue weighted by molar-refractivity contribution is -0.130. The molecule has 4 N–H and O–H groups in total. The fraction of sp³-hybridized carbons (Fsp3) is 0.296. The molecule has 4 heterocycles. The van der Waals surface area contributed by atoms with Crippen LogP contribution in [0.3, 0.4) is 0 Å². The first-order valence-electron chi connectivity index (χ1n) is 12.5. The van der Waals surface area contributed by atoms with Crippen LogP contribution in [0.4, 0.5) is 32.2 Å². The van der Waals surface area contributed by atoms with Crippen LogP contribution < -0.4 is 16.4 Å². The topological polar surface area (TPSA) is 140 Å². The maximum Gasteiger partial charge on any atom is 0.412 e. The lowest BCUT2D eigenvalue weighted by atomic mass is 10.0. The minimum atomic E-state index is -0.830. The Morgan fingerprint density at radius 3 is 2.67 bits per heavy atom. The van der Waals surface area contributed by atoms with Crippen molar-refractivity contribution in [3.8, 4) is 11.1 Å². The number of rotatable bonds is 4. The van der Waals surface area contributed by atoms with E-state index >= 15 is 4.39 Å². The van der Waals surface area contributed by atoms with Gasteiger partial charge in [-0.15, -0.1) is 0 Å². The largest absolute Gasteiger partial charge is 0.444 e. The molecule has 0 atom stereocenters. The van der Waals surface area contributed by atoms with Gasteiger partial charge < -0.3 is 20.7 Å². The van der Waals surface area contributed by atoms with Crippen molar-refractivity contribution in [2.75, 3.05) is 30.0 Å². The molecule has 11 nitrogen and oxygen atoms in total. The van der Waals surface area contributed by atoms with E-state index < -0.39 is 17.5 Å². The quantitative estimate of drug-likeness (QED) is 0.314. The number of anilines is 4. The van der Waals surface area contributed by atoms with Crippen LogP contribution in [-0.4, -0.2) is 55.8 Å². The molecule has 40 heavy (non-hydrogen) atoms. The molecule has 0 unspecified atom stereocenters. The van der Waals surface area contributed by atoms with Gasteiger partial charge in [0.2, 0.25) is 5.91 Å². The number of fused-ring (bicyclic) bond motifs is 2.